The highest BCUT2D eigenvalue weighted by Gasteiger charge is 2.28. The Hall–Kier alpha value is -1.12. The second kappa shape index (κ2) is 4.46. The molecular weight excluding hydrogens is 288 g/mol. The Morgan fingerprint density at radius 1 is 1.16 bits per heavy atom. The molecule has 0 unspecified atom stereocenters. The Kier molecular flexibility index (Phi) is 3.36. The van der Waals surface area contributed by atoms with Gasteiger partial charge in [0.15, 0.2) is 0 Å². The third kappa shape index (κ3) is 2.47. The van der Waals surface area contributed by atoms with Crippen molar-refractivity contribution < 1.29 is 16.8 Å². The Morgan fingerprint density at radius 2 is 1.79 bits per heavy atom. The molecule has 0 aliphatic carbocycles. The van der Waals surface area contributed by atoms with E-state index in [-0.39, 0.29) is 4.90 Å². The topological polar surface area (TPSA) is 74.8 Å². The van der Waals surface area contributed by atoms with Gasteiger partial charge in [-0.3, -0.25) is 4.31 Å². The van der Waals surface area contributed by atoms with Gasteiger partial charge in [-0.05, 0) is 30.2 Å². The molecule has 1 aliphatic rings. The van der Waals surface area contributed by atoms with Gasteiger partial charge in [0.1, 0.15) is 0 Å². The highest BCUT2D eigenvalue weighted by atomic mass is 32.2. The summed E-state index contributed by atoms with van der Waals surface area (Å²) in [6.07, 6.45) is 1.67. The Morgan fingerprint density at radius 3 is 2.32 bits per heavy atom. The molecule has 106 valence electrons. The molecule has 0 saturated heterocycles. The maximum absolute atomic E-state index is 12.0. The summed E-state index contributed by atoms with van der Waals surface area (Å²) in [6, 6.07) is 4.55. The van der Waals surface area contributed by atoms with Crippen LogP contribution in [-0.4, -0.2) is 48.0 Å². The normalized spacial score (nSPS) is 15.9. The number of anilines is 1. The van der Waals surface area contributed by atoms with Crippen molar-refractivity contribution >= 4 is 25.7 Å². The minimum Gasteiger partial charge on any atom is -0.270 e. The van der Waals surface area contributed by atoms with E-state index in [1.54, 1.807) is 12.1 Å². The van der Waals surface area contributed by atoms with Gasteiger partial charge in [0, 0.05) is 20.6 Å². The number of benzene rings is 1. The van der Waals surface area contributed by atoms with Crippen LogP contribution in [0.2, 0.25) is 0 Å². The van der Waals surface area contributed by atoms with E-state index < -0.39 is 20.0 Å². The van der Waals surface area contributed by atoms with Gasteiger partial charge in [-0.2, -0.15) is 0 Å². The largest absolute Gasteiger partial charge is 0.270 e. The van der Waals surface area contributed by atoms with Crippen LogP contribution in [-0.2, 0) is 26.5 Å². The van der Waals surface area contributed by atoms with Crippen LogP contribution in [0.5, 0.6) is 0 Å². The van der Waals surface area contributed by atoms with Crippen molar-refractivity contribution in [2.24, 2.45) is 0 Å². The number of sulfonamides is 2. The van der Waals surface area contributed by atoms with E-state index in [1.165, 1.54) is 24.5 Å². The SMILES string of the molecule is CN(C)S(=O)(=O)c1ccc2c(c1)CCN2S(C)(=O)=O. The molecule has 19 heavy (non-hydrogen) atoms. The first kappa shape index (κ1) is 14.3. The minimum absolute atomic E-state index is 0.187. The predicted octanol–water partition coefficient (Wildman–Crippen LogP) is 0.259. The van der Waals surface area contributed by atoms with E-state index >= 15 is 0 Å². The molecule has 8 heteroatoms. The molecule has 0 N–H and O–H groups in total. The summed E-state index contributed by atoms with van der Waals surface area (Å²) in [4.78, 5) is 0.187. The molecule has 0 fully saturated rings. The molecule has 1 heterocycles. The fourth-order valence-corrected chi connectivity index (χ4v) is 3.97. The van der Waals surface area contributed by atoms with Crippen LogP contribution in [0.3, 0.4) is 0 Å². The van der Waals surface area contributed by atoms with Gasteiger partial charge in [0.2, 0.25) is 20.0 Å². The molecule has 1 aromatic rings. The molecule has 0 aromatic heterocycles. The molecule has 6 nitrogen and oxygen atoms in total. The highest BCUT2D eigenvalue weighted by molar-refractivity contribution is 7.92. The first-order valence-corrected chi connectivity index (χ1v) is 8.96. The van der Waals surface area contributed by atoms with Gasteiger partial charge in [-0.25, -0.2) is 21.1 Å². The fraction of sp³-hybridized carbons (Fsp3) is 0.455. The minimum atomic E-state index is -3.49. The zero-order chi connectivity index (χ0) is 14.4. The average Bonchev–Trinajstić information content (AvgIpc) is 2.70. The number of nitrogens with zero attached hydrogens (tertiary/aromatic N) is 2. The molecule has 0 atom stereocenters. The fourth-order valence-electron chi connectivity index (χ4n) is 2.06. The van der Waals surface area contributed by atoms with E-state index in [1.807, 2.05) is 0 Å². The molecular formula is C11H16N2O4S2. The monoisotopic (exact) mass is 304 g/mol. The lowest BCUT2D eigenvalue weighted by atomic mass is 10.2. The predicted molar refractivity (Wildman–Crippen MR) is 73.2 cm³/mol. The van der Waals surface area contributed by atoms with E-state index in [0.717, 1.165) is 16.1 Å². The van der Waals surface area contributed by atoms with E-state index in [2.05, 4.69) is 0 Å². The first-order valence-electron chi connectivity index (χ1n) is 5.67. The van der Waals surface area contributed by atoms with Crippen molar-refractivity contribution in [3.8, 4) is 0 Å². The summed E-state index contributed by atoms with van der Waals surface area (Å²) in [5, 5.41) is 0. The Bertz CT molecular complexity index is 708. The summed E-state index contributed by atoms with van der Waals surface area (Å²) in [7, 11) is -3.87. The summed E-state index contributed by atoms with van der Waals surface area (Å²) >= 11 is 0. The van der Waals surface area contributed by atoms with E-state index in [9.17, 15) is 16.8 Å². The maximum atomic E-state index is 12.0. The van der Waals surface area contributed by atoms with Crippen molar-refractivity contribution in [2.45, 2.75) is 11.3 Å². The molecule has 0 amide bonds. The third-order valence-electron chi connectivity index (χ3n) is 3.08. The molecule has 2 rings (SSSR count). The lowest BCUT2D eigenvalue weighted by molar-refractivity contribution is 0.520. The van der Waals surface area contributed by atoms with Gasteiger partial charge in [-0.1, -0.05) is 0 Å². The molecule has 1 aromatic carbocycles. The van der Waals surface area contributed by atoms with Gasteiger partial charge < -0.3 is 0 Å². The van der Waals surface area contributed by atoms with Crippen molar-refractivity contribution in [2.75, 3.05) is 31.2 Å². The number of hydrogen-bond acceptors (Lipinski definition) is 4. The zero-order valence-electron chi connectivity index (χ0n) is 11.0. The second-order valence-electron chi connectivity index (χ2n) is 4.66. The van der Waals surface area contributed by atoms with Crippen LogP contribution >= 0.6 is 0 Å². The smallest absolute Gasteiger partial charge is 0.242 e. The van der Waals surface area contributed by atoms with Gasteiger partial charge in [0.05, 0.1) is 16.8 Å². The van der Waals surface area contributed by atoms with Crippen molar-refractivity contribution in [1.82, 2.24) is 4.31 Å². The van der Waals surface area contributed by atoms with Crippen LogP contribution in [0.15, 0.2) is 23.1 Å². The second-order valence-corrected chi connectivity index (χ2v) is 8.72. The molecule has 0 radical (unpaired) electrons. The van der Waals surface area contributed by atoms with E-state index in [4.69, 9.17) is 0 Å². The summed E-state index contributed by atoms with van der Waals surface area (Å²) < 4.78 is 49.6. The Labute approximate surface area is 113 Å². The standard InChI is InChI=1S/C11H16N2O4S2/c1-12(2)19(16,17)10-4-5-11-9(8-10)6-7-13(11)18(3,14)15/h4-5,8H,6-7H2,1-3H3. The molecule has 1 aliphatic heterocycles. The number of hydrogen-bond donors (Lipinski definition) is 0. The van der Waals surface area contributed by atoms with Crippen molar-refractivity contribution in [3.63, 3.8) is 0 Å². The van der Waals surface area contributed by atoms with Crippen LogP contribution in [0.25, 0.3) is 0 Å². The van der Waals surface area contributed by atoms with Crippen LogP contribution in [0.4, 0.5) is 5.69 Å². The summed E-state index contributed by atoms with van der Waals surface area (Å²) in [5.41, 5.74) is 1.31. The maximum Gasteiger partial charge on any atom is 0.242 e. The van der Waals surface area contributed by atoms with Gasteiger partial charge >= 0.3 is 0 Å². The summed E-state index contributed by atoms with van der Waals surface area (Å²) in [5.74, 6) is 0. The van der Waals surface area contributed by atoms with Gasteiger partial charge in [-0.15, -0.1) is 0 Å². The van der Waals surface area contributed by atoms with Crippen LogP contribution in [0.1, 0.15) is 5.56 Å². The highest BCUT2D eigenvalue weighted by Crippen LogP contribution is 2.32. The third-order valence-corrected chi connectivity index (χ3v) is 6.07. The Balaban J connectivity index is 2.50. The molecule has 0 saturated carbocycles. The first-order chi connectivity index (χ1) is 8.64. The van der Waals surface area contributed by atoms with Crippen molar-refractivity contribution in [1.29, 1.82) is 0 Å². The average molecular weight is 304 g/mol. The van der Waals surface area contributed by atoms with Crippen molar-refractivity contribution in [3.05, 3.63) is 23.8 Å². The molecule has 0 spiro atoms. The quantitative estimate of drug-likeness (QED) is 0.803. The van der Waals surface area contributed by atoms with Crippen LogP contribution in [0, 0.1) is 0 Å². The lowest BCUT2D eigenvalue weighted by Crippen LogP contribution is -2.27. The molecule has 0 bridgehead atoms. The summed E-state index contributed by atoms with van der Waals surface area (Å²) in [6.45, 7) is 0.361. The van der Waals surface area contributed by atoms with Gasteiger partial charge in [0.25, 0.3) is 0 Å². The number of rotatable bonds is 3. The van der Waals surface area contributed by atoms with E-state index in [0.29, 0.717) is 18.7 Å². The lowest BCUT2D eigenvalue weighted by Gasteiger charge is -2.17. The zero-order valence-corrected chi connectivity index (χ0v) is 12.6. The van der Waals surface area contributed by atoms with Crippen LogP contribution < -0.4 is 4.31 Å². The number of fused-ring (bicyclic) bond motifs is 1.